The lowest BCUT2D eigenvalue weighted by Gasteiger charge is -2.15. The van der Waals surface area contributed by atoms with Crippen LogP contribution in [0.1, 0.15) is 13.8 Å². The summed E-state index contributed by atoms with van der Waals surface area (Å²) in [6.45, 7) is 3.44. The molecule has 0 aliphatic heterocycles. The third-order valence-electron chi connectivity index (χ3n) is 2.06. The van der Waals surface area contributed by atoms with Crippen molar-refractivity contribution >= 4 is 24.5 Å². The number of halogens is 1. The highest BCUT2D eigenvalue weighted by Gasteiger charge is 2.39. The molecule has 1 aromatic carbocycles. The van der Waals surface area contributed by atoms with Crippen LogP contribution in [0.15, 0.2) is 30.3 Å². The van der Waals surface area contributed by atoms with Gasteiger partial charge in [0.05, 0.1) is 6.61 Å². The molecule has 0 N–H and O–H groups in total. The summed E-state index contributed by atoms with van der Waals surface area (Å²) in [6, 6.07) is 7.80. The minimum absolute atomic E-state index is 0.238. The molecule has 0 amide bonds. The molecule has 0 aromatic heterocycles. The van der Waals surface area contributed by atoms with E-state index >= 15 is 0 Å². The van der Waals surface area contributed by atoms with Crippen molar-refractivity contribution in [3.8, 4) is 5.75 Å². The van der Waals surface area contributed by atoms with Crippen molar-refractivity contribution in [3.05, 3.63) is 30.3 Å². The Bertz CT molecular complexity index is 415. The molecule has 0 fully saturated rings. The molecule has 0 aliphatic carbocycles. The summed E-state index contributed by atoms with van der Waals surface area (Å²) in [5.74, 6) is -0.102. The number of benzene rings is 1. The molecule has 2 atom stereocenters. The van der Waals surface area contributed by atoms with Gasteiger partial charge in [-0.2, -0.15) is 0 Å². The second-order valence-electron chi connectivity index (χ2n) is 3.36. The predicted molar refractivity (Wildman–Crippen MR) is 68.5 cm³/mol. The first-order valence-electron chi connectivity index (χ1n) is 5.38. The fourth-order valence-corrected chi connectivity index (χ4v) is 2.20. The lowest BCUT2D eigenvalue weighted by atomic mass is 10.3. The van der Waals surface area contributed by atoms with Crippen molar-refractivity contribution in [3.63, 3.8) is 0 Å². The molecule has 0 bridgehead atoms. The maximum Gasteiger partial charge on any atom is 0.593 e. The monoisotopic (exact) mass is 290 g/mol. The van der Waals surface area contributed by atoms with Crippen LogP contribution in [0.5, 0.6) is 5.75 Å². The zero-order valence-electron chi connectivity index (χ0n) is 10.1. The summed E-state index contributed by atoms with van der Waals surface area (Å²) >= 11 is 5.54. The summed E-state index contributed by atoms with van der Waals surface area (Å²) in [5, 5.41) is 0. The zero-order chi connectivity index (χ0) is 13.5. The van der Waals surface area contributed by atoms with Crippen LogP contribution in [0, 0.1) is 0 Å². The molecule has 0 saturated heterocycles. The standard InChI is InChI=1S/C11H14ClNO4P/c1-3-16-11(14)9(2)13(18(12)15)17-10-7-5-4-6-8-10/h4-9H,3H2,1-2H3/q+1/t9-/m0/s1. The third-order valence-corrected chi connectivity index (χ3v) is 3.24. The average Bonchev–Trinajstić information content (AvgIpc) is 2.36. The van der Waals surface area contributed by atoms with E-state index in [0.29, 0.717) is 5.75 Å². The van der Waals surface area contributed by atoms with E-state index in [1.165, 1.54) is 6.92 Å². The van der Waals surface area contributed by atoms with E-state index in [1.54, 1.807) is 31.2 Å². The second-order valence-corrected chi connectivity index (χ2v) is 5.08. The largest absolute Gasteiger partial charge is 0.593 e. The number of nitrogens with zero attached hydrogens (tertiary/aromatic N) is 1. The molecular formula is C11H14ClNO4P+. The van der Waals surface area contributed by atoms with Gasteiger partial charge in [-0.3, -0.25) is 4.79 Å². The van der Waals surface area contributed by atoms with Gasteiger partial charge in [0.2, 0.25) is 11.2 Å². The molecule has 1 unspecified atom stereocenters. The van der Waals surface area contributed by atoms with Crippen LogP contribution in [0.25, 0.3) is 0 Å². The Hall–Kier alpha value is -1.16. The van der Waals surface area contributed by atoms with Crippen molar-refractivity contribution in [1.29, 1.82) is 0 Å². The van der Waals surface area contributed by atoms with Gasteiger partial charge in [0.15, 0.2) is 11.8 Å². The van der Waals surface area contributed by atoms with Crippen molar-refractivity contribution in [2.45, 2.75) is 19.9 Å². The van der Waals surface area contributed by atoms with Gasteiger partial charge in [0.25, 0.3) is 0 Å². The normalized spacial score (nSPS) is 13.0. The Balaban J connectivity index is 2.77. The molecule has 18 heavy (non-hydrogen) atoms. The fraction of sp³-hybridized carbons (Fsp3) is 0.364. The Morgan fingerprint density at radius 2 is 2.06 bits per heavy atom. The minimum Gasteiger partial charge on any atom is -0.465 e. The van der Waals surface area contributed by atoms with Crippen molar-refractivity contribution in [1.82, 2.24) is 4.83 Å². The van der Waals surface area contributed by atoms with E-state index in [-0.39, 0.29) is 6.61 Å². The molecule has 0 saturated carbocycles. The van der Waals surface area contributed by atoms with Gasteiger partial charge in [0.1, 0.15) is 4.83 Å². The van der Waals surface area contributed by atoms with Gasteiger partial charge in [-0.05, 0) is 30.5 Å². The molecule has 98 valence electrons. The zero-order valence-corrected chi connectivity index (χ0v) is 11.7. The Kier molecular flexibility index (Phi) is 6.05. The lowest BCUT2D eigenvalue weighted by Crippen LogP contribution is -2.37. The SMILES string of the molecule is CCOC(=O)[C@H](C)N(Oc1ccccc1)[P+](=O)Cl. The highest BCUT2D eigenvalue weighted by molar-refractivity contribution is 7.71. The smallest absolute Gasteiger partial charge is 0.465 e. The molecule has 0 radical (unpaired) electrons. The summed E-state index contributed by atoms with van der Waals surface area (Å²) in [6.07, 6.45) is 0. The van der Waals surface area contributed by atoms with Crippen LogP contribution >= 0.6 is 18.5 Å². The second kappa shape index (κ2) is 7.31. The quantitative estimate of drug-likeness (QED) is 0.458. The minimum atomic E-state index is -2.34. The molecule has 0 aliphatic rings. The van der Waals surface area contributed by atoms with Crippen molar-refractivity contribution in [2.24, 2.45) is 0 Å². The van der Waals surface area contributed by atoms with Crippen LogP contribution in [0.4, 0.5) is 0 Å². The van der Waals surface area contributed by atoms with E-state index in [2.05, 4.69) is 0 Å². The number of hydroxylamine groups is 1. The number of rotatable bonds is 6. The van der Waals surface area contributed by atoms with Gasteiger partial charge >= 0.3 is 13.3 Å². The van der Waals surface area contributed by atoms with Crippen molar-refractivity contribution < 1.29 is 18.9 Å². The highest BCUT2D eigenvalue weighted by Crippen LogP contribution is 2.35. The van der Waals surface area contributed by atoms with Gasteiger partial charge in [-0.1, -0.05) is 18.2 Å². The predicted octanol–water partition coefficient (Wildman–Crippen LogP) is 3.13. The summed E-state index contributed by atoms with van der Waals surface area (Å²) in [5.41, 5.74) is 0. The van der Waals surface area contributed by atoms with E-state index in [0.717, 1.165) is 4.83 Å². The summed E-state index contributed by atoms with van der Waals surface area (Å²) in [7, 11) is -2.34. The van der Waals surface area contributed by atoms with Crippen LogP contribution in [-0.4, -0.2) is 23.5 Å². The van der Waals surface area contributed by atoms with Crippen LogP contribution in [0.3, 0.4) is 0 Å². The van der Waals surface area contributed by atoms with Crippen LogP contribution in [-0.2, 0) is 14.1 Å². The fourth-order valence-electron chi connectivity index (χ4n) is 1.19. The molecule has 0 heterocycles. The Morgan fingerprint density at radius 3 is 2.56 bits per heavy atom. The van der Waals surface area contributed by atoms with Crippen molar-refractivity contribution in [2.75, 3.05) is 6.61 Å². The molecule has 7 heteroatoms. The van der Waals surface area contributed by atoms with Gasteiger partial charge in [-0.25, -0.2) is 0 Å². The van der Waals surface area contributed by atoms with Crippen LogP contribution in [0.2, 0.25) is 0 Å². The number of carbonyl (C=O) groups excluding carboxylic acids is 1. The van der Waals surface area contributed by atoms with Crippen LogP contribution < -0.4 is 4.84 Å². The molecule has 1 aromatic rings. The molecule has 0 spiro atoms. The van der Waals surface area contributed by atoms with E-state index in [1.807, 2.05) is 6.07 Å². The number of para-hydroxylation sites is 1. The Morgan fingerprint density at radius 1 is 1.44 bits per heavy atom. The van der Waals surface area contributed by atoms with Gasteiger partial charge in [-0.15, -0.1) is 0 Å². The maximum atomic E-state index is 11.5. The van der Waals surface area contributed by atoms with Gasteiger partial charge < -0.3 is 9.57 Å². The number of ether oxygens (including phenoxy) is 1. The molecular weight excluding hydrogens is 277 g/mol. The molecule has 5 nitrogen and oxygen atoms in total. The Labute approximate surface area is 111 Å². The van der Waals surface area contributed by atoms with E-state index in [9.17, 15) is 9.36 Å². The maximum absolute atomic E-state index is 11.5. The third kappa shape index (κ3) is 4.26. The topological polar surface area (TPSA) is 55.8 Å². The first kappa shape index (κ1) is 14.9. The highest BCUT2D eigenvalue weighted by atomic mass is 35.7. The van der Waals surface area contributed by atoms with E-state index in [4.69, 9.17) is 20.8 Å². The first-order valence-corrected chi connectivity index (χ1v) is 7.49. The van der Waals surface area contributed by atoms with Gasteiger partial charge in [0, 0.05) is 0 Å². The number of hydrogen-bond acceptors (Lipinski definition) is 4. The number of carbonyl (C=O) groups is 1. The average molecular weight is 291 g/mol. The van der Waals surface area contributed by atoms with E-state index < -0.39 is 19.3 Å². The number of esters is 1. The molecule has 1 rings (SSSR count). The lowest BCUT2D eigenvalue weighted by molar-refractivity contribution is -0.153. The summed E-state index contributed by atoms with van der Waals surface area (Å²) < 4.78 is 16.2. The first-order chi connectivity index (χ1) is 8.56. The summed E-state index contributed by atoms with van der Waals surface area (Å²) in [4.78, 5) is 17.8. The number of hydrogen-bond donors (Lipinski definition) is 0.